The SMILES string of the molecule is COc1ccc(NC(=O)CCC(C)(C)N)cc1OC(F)F. The molecule has 3 N–H and O–H groups in total. The van der Waals surface area contributed by atoms with Crippen molar-refractivity contribution in [3.63, 3.8) is 0 Å². The van der Waals surface area contributed by atoms with Gasteiger partial charge < -0.3 is 20.5 Å². The average molecular weight is 302 g/mol. The first-order valence-electron chi connectivity index (χ1n) is 6.43. The topological polar surface area (TPSA) is 73.6 Å². The molecule has 118 valence electrons. The first kappa shape index (κ1) is 17.2. The molecule has 0 aliphatic carbocycles. The third-order valence-corrected chi connectivity index (χ3v) is 2.66. The van der Waals surface area contributed by atoms with Crippen molar-refractivity contribution in [3.05, 3.63) is 18.2 Å². The summed E-state index contributed by atoms with van der Waals surface area (Å²) in [6.45, 7) is 0.674. The van der Waals surface area contributed by atoms with Crippen LogP contribution in [0.15, 0.2) is 18.2 Å². The highest BCUT2D eigenvalue weighted by Crippen LogP contribution is 2.31. The molecule has 1 rings (SSSR count). The van der Waals surface area contributed by atoms with Crippen LogP contribution >= 0.6 is 0 Å². The number of ether oxygens (including phenoxy) is 2. The van der Waals surface area contributed by atoms with Gasteiger partial charge in [-0.2, -0.15) is 8.78 Å². The number of nitrogens with one attached hydrogen (secondary N) is 1. The predicted molar refractivity (Wildman–Crippen MR) is 75.8 cm³/mol. The van der Waals surface area contributed by atoms with Crippen LogP contribution in [0.2, 0.25) is 0 Å². The molecule has 21 heavy (non-hydrogen) atoms. The van der Waals surface area contributed by atoms with E-state index in [1.807, 2.05) is 13.8 Å². The van der Waals surface area contributed by atoms with E-state index in [2.05, 4.69) is 10.1 Å². The van der Waals surface area contributed by atoms with Gasteiger partial charge in [0.15, 0.2) is 11.5 Å². The maximum Gasteiger partial charge on any atom is 0.387 e. The van der Waals surface area contributed by atoms with Crippen LogP contribution in [-0.2, 0) is 4.79 Å². The van der Waals surface area contributed by atoms with Gasteiger partial charge in [-0.15, -0.1) is 0 Å². The van der Waals surface area contributed by atoms with Gasteiger partial charge in [-0.3, -0.25) is 4.79 Å². The van der Waals surface area contributed by atoms with Crippen molar-refractivity contribution < 1.29 is 23.0 Å². The molecule has 0 heterocycles. The fourth-order valence-corrected chi connectivity index (χ4v) is 1.60. The van der Waals surface area contributed by atoms with Crippen LogP contribution in [-0.4, -0.2) is 25.2 Å². The number of hydrogen-bond donors (Lipinski definition) is 2. The van der Waals surface area contributed by atoms with Gasteiger partial charge in [-0.25, -0.2) is 0 Å². The number of halogens is 2. The number of anilines is 1. The first-order chi connectivity index (χ1) is 9.71. The number of rotatable bonds is 7. The Kier molecular flexibility index (Phi) is 5.90. The summed E-state index contributed by atoms with van der Waals surface area (Å²) in [5.74, 6) is -0.220. The molecule has 1 aromatic rings. The molecule has 7 heteroatoms. The van der Waals surface area contributed by atoms with Crippen molar-refractivity contribution in [2.75, 3.05) is 12.4 Å². The molecule has 0 radical (unpaired) electrons. The highest BCUT2D eigenvalue weighted by molar-refractivity contribution is 5.91. The summed E-state index contributed by atoms with van der Waals surface area (Å²) in [5.41, 5.74) is 5.70. The normalized spacial score (nSPS) is 11.4. The molecule has 0 saturated heterocycles. The lowest BCUT2D eigenvalue weighted by atomic mass is 10.00. The minimum atomic E-state index is -2.97. The van der Waals surface area contributed by atoms with E-state index in [-0.39, 0.29) is 23.8 Å². The van der Waals surface area contributed by atoms with E-state index in [1.54, 1.807) is 6.07 Å². The molecule has 1 aromatic carbocycles. The molecular weight excluding hydrogens is 282 g/mol. The van der Waals surface area contributed by atoms with E-state index < -0.39 is 12.2 Å². The smallest absolute Gasteiger partial charge is 0.387 e. The third-order valence-electron chi connectivity index (χ3n) is 2.66. The number of alkyl halides is 2. The van der Waals surface area contributed by atoms with Crippen molar-refractivity contribution in [1.29, 1.82) is 0 Å². The molecule has 0 unspecified atom stereocenters. The van der Waals surface area contributed by atoms with Crippen molar-refractivity contribution in [2.45, 2.75) is 38.8 Å². The summed E-state index contributed by atoms with van der Waals surface area (Å²) >= 11 is 0. The fourth-order valence-electron chi connectivity index (χ4n) is 1.60. The van der Waals surface area contributed by atoms with E-state index in [0.717, 1.165) is 0 Å². The largest absolute Gasteiger partial charge is 0.493 e. The molecule has 0 saturated carbocycles. The van der Waals surface area contributed by atoms with Gasteiger partial charge in [-0.1, -0.05) is 0 Å². The van der Waals surface area contributed by atoms with Crippen LogP contribution in [0, 0.1) is 0 Å². The zero-order valence-electron chi connectivity index (χ0n) is 12.3. The van der Waals surface area contributed by atoms with Crippen molar-refractivity contribution in [1.82, 2.24) is 0 Å². The Balaban J connectivity index is 2.73. The highest BCUT2D eigenvalue weighted by atomic mass is 19.3. The minimum absolute atomic E-state index is 0.135. The van der Waals surface area contributed by atoms with Gasteiger partial charge in [-0.05, 0) is 32.4 Å². The molecule has 0 aliphatic rings. The molecule has 0 aromatic heterocycles. The summed E-state index contributed by atoms with van der Waals surface area (Å²) in [6, 6.07) is 4.28. The quantitative estimate of drug-likeness (QED) is 0.812. The second kappa shape index (κ2) is 7.21. The van der Waals surface area contributed by atoms with E-state index in [4.69, 9.17) is 10.5 Å². The molecule has 0 spiro atoms. The van der Waals surface area contributed by atoms with Crippen molar-refractivity contribution in [3.8, 4) is 11.5 Å². The molecular formula is C14H20F2N2O3. The lowest BCUT2D eigenvalue weighted by molar-refractivity contribution is -0.116. The maximum absolute atomic E-state index is 12.3. The summed E-state index contributed by atoms with van der Waals surface area (Å²) in [7, 11) is 1.34. The fraction of sp³-hybridized carbons (Fsp3) is 0.500. The molecule has 0 bridgehead atoms. The van der Waals surface area contributed by atoms with Crippen LogP contribution in [0.3, 0.4) is 0 Å². The van der Waals surface area contributed by atoms with Gasteiger partial charge in [0.05, 0.1) is 7.11 Å². The number of carbonyl (C=O) groups excluding carboxylic acids is 1. The Hall–Kier alpha value is -1.89. The third kappa shape index (κ3) is 6.40. The number of benzene rings is 1. The van der Waals surface area contributed by atoms with E-state index in [9.17, 15) is 13.6 Å². The maximum atomic E-state index is 12.3. The average Bonchev–Trinajstić information content (AvgIpc) is 2.35. The Labute approximate surface area is 122 Å². The van der Waals surface area contributed by atoms with Crippen molar-refractivity contribution >= 4 is 11.6 Å². The summed E-state index contributed by atoms with van der Waals surface area (Å²) in [5, 5.41) is 2.60. The number of hydrogen-bond acceptors (Lipinski definition) is 4. The molecule has 1 amide bonds. The Morgan fingerprint density at radius 3 is 2.57 bits per heavy atom. The standard InChI is InChI=1S/C14H20F2N2O3/c1-14(2,17)7-6-12(19)18-9-4-5-10(20-3)11(8-9)21-13(15)16/h4-5,8,13H,6-7,17H2,1-3H3,(H,18,19). The first-order valence-corrected chi connectivity index (χ1v) is 6.43. The van der Waals surface area contributed by atoms with Crippen LogP contribution in [0.1, 0.15) is 26.7 Å². The van der Waals surface area contributed by atoms with E-state index in [0.29, 0.717) is 12.1 Å². The lowest BCUT2D eigenvalue weighted by Gasteiger charge is -2.17. The van der Waals surface area contributed by atoms with E-state index in [1.165, 1.54) is 19.2 Å². The lowest BCUT2D eigenvalue weighted by Crippen LogP contribution is -2.33. The van der Waals surface area contributed by atoms with Crippen LogP contribution in [0.5, 0.6) is 11.5 Å². The highest BCUT2D eigenvalue weighted by Gasteiger charge is 2.15. The predicted octanol–water partition coefficient (Wildman–Crippen LogP) is 2.75. The molecule has 5 nitrogen and oxygen atoms in total. The molecule has 0 atom stereocenters. The number of nitrogens with two attached hydrogens (primary N) is 1. The number of methoxy groups -OCH3 is 1. The monoisotopic (exact) mass is 302 g/mol. The zero-order chi connectivity index (χ0) is 16.0. The van der Waals surface area contributed by atoms with Crippen LogP contribution in [0.25, 0.3) is 0 Å². The molecule has 0 aliphatic heterocycles. The summed E-state index contributed by atoms with van der Waals surface area (Å²) < 4.78 is 33.9. The van der Waals surface area contributed by atoms with E-state index >= 15 is 0 Å². The van der Waals surface area contributed by atoms with Gasteiger partial charge in [0, 0.05) is 23.7 Å². The van der Waals surface area contributed by atoms with Crippen LogP contribution < -0.4 is 20.5 Å². The summed E-state index contributed by atoms with van der Waals surface area (Å²) in [6.07, 6.45) is 0.746. The Morgan fingerprint density at radius 2 is 2.05 bits per heavy atom. The second-order valence-corrected chi connectivity index (χ2v) is 5.28. The van der Waals surface area contributed by atoms with Gasteiger partial charge in [0.1, 0.15) is 0 Å². The Bertz CT molecular complexity index is 488. The Morgan fingerprint density at radius 1 is 1.38 bits per heavy atom. The van der Waals surface area contributed by atoms with Crippen molar-refractivity contribution in [2.24, 2.45) is 5.73 Å². The zero-order valence-corrected chi connectivity index (χ0v) is 12.3. The van der Waals surface area contributed by atoms with Gasteiger partial charge in [0.25, 0.3) is 0 Å². The number of amides is 1. The minimum Gasteiger partial charge on any atom is -0.493 e. The van der Waals surface area contributed by atoms with Gasteiger partial charge in [0.2, 0.25) is 5.91 Å². The summed E-state index contributed by atoms with van der Waals surface area (Å²) in [4.78, 5) is 11.8. The number of carbonyl (C=O) groups is 1. The van der Waals surface area contributed by atoms with Gasteiger partial charge >= 0.3 is 6.61 Å². The molecule has 0 fully saturated rings. The second-order valence-electron chi connectivity index (χ2n) is 5.28. The van der Waals surface area contributed by atoms with Crippen LogP contribution in [0.4, 0.5) is 14.5 Å².